The van der Waals surface area contributed by atoms with Crippen LogP contribution in [-0.2, 0) is 6.54 Å². The topological polar surface area (TPSA) is 73.0 Å². The van der Waals surface area contributed by atoms with Crippen molar-refractivity contribution in [2.45, 2.75) is 39.3 Å². The second kappa shape index (κ2) is 5.29. The molecule has 0 amide bonds. The minimum Gasteiger partial charge on any atom is -0.308 e. The molecule has 1 fully saturated rings. The van der Waals surface area contributed by atoms with Crippen LogP contribution in [0.5, 0.6) is 0 Å². The predicted octanol–water partition coefficient (Wildman–Crippen LogP) is 2.65. The summed E-state index contributed by atoms with van der Waals surface area (Å²) in [4.78, 5) is 10.6. The third kappa shape index (κ3) is 2.95. The van der Waals surface area contributed by atoms with Gasteiger partial charge in [-0.3, -0.25) is 10.1 Å². The molecule has 0 atom stereocenters. The lowest BCUT2D eigenvalue weighted by molar-refractivity contribution is -0.385. The summed E-state index contributed by atoms with van der Waals surface area (Å²) in [5.74, 6) is 0. The van der Waals surface area contributed by atoms with Crippen molar-refractivity contribution in [1.29, 1.82) is 0 Å². The van der Waals surface area contributed by atoms with Gasteiger partial charge in [-0.1, -0.05) is 0 Å². The Morgan fingerprint density at radius 3 is 2.81 bits per heavy atom. The van der Waals surface area contributed by atoms with Gasteiger partial charge in [0.05, 0.1) is 16.3 Å². The predicted molar refractivity (Wildman–Crippen MR) is 79.6 cm³/mol. The minimum atomic E-state index is -0.347. The van der Waals surface area contributed by atoms with Crippen molar-refractivity contribution in [3.05, 3.63) is 51.3 Å². The fourth-order valence-electron chi connectivity index (χ4n) is 2.36. The molecule has 1 aliphatic carbocycles. The highest BCUT2D eigenvalue weighted by molar-refractivity contribution is 5.52. The van der Waals surface area contributed by atoms with Crippen LogP contribution >= 0.6 is 0 Å². The van der Waals surface area contributed by atoms with Crippen LogP contribution < -0.4 is 5.32 Å². The monoisotopic (exact) mass is 286 g/mol. The van der Waals surface area contributed by atoms with Gasteiger partial charge >= 0.3 is 0 Å². The Bertz CT molecular complexity index is 689. The highest BCUT2D eigenvalue weighted by Gasteiger charge is 2.20. The summed E-state index contributed by atoms with van der Waals surface area (Å²) in [7, 11) is 0. The smallest absolute Gasteiger partial charge is 0.272 e. The van der Waals surface area contributed by atoms with Crippen LogP contribution in [0.15, 0.2) is 24.4 Å². The fourth-order valence-corrected chi connectivity index (χ4v) is 2.36. The summed E-state index contributed by atoms with van der Waals surface area (Å²) in [6.07, 6.45) is 4.40. The van der Waals surface area contributed by atoms with Crippen molar-refractivity contribution >= 4 is 5.69 Å². The summed E-state index contributed by atoms with van der Waals surface area (Å²) >= 11 is 0. The zero-order chi connectivity index (χ0) is 15.0. The number of nitro benzene ring substituents is 1. The molecule has 0 unspecified atom stereocenters. The Kier molecular flexibility index (Phi) is 3.47. The van der Waals surface area contributed by atoms with Gasteiger partial charge in [0.15, 0.2) is 0 Å². The Morgan fingerprint density at radius 1 is 1.38 bits per heavy atom. The van der Waals surface area contributed by atoms with Crippen molar-refractivity contribution in [2.24, 2.45) is 0 Å². The second-order valence-electron chi connectivity index (χ2n) is 5.59. The maximum atomic E-state index is 11.0. The number of nitrogens with one attached hydrogen (secondary N) is 1. The zero-order valence-corrected chi connectivity index (χ0v) is 12.2. The summed E-state index contributed by atoms with van der Waals surface area (Å²) in [6, 6.07) is 6.05. The summed E-state index contributed by atoms with van der Waals surface area (Å²) < 4.78 is 1.79. The third-order valence-corrected chi connectivity index (χ3v) is 3.75. The minimum absolute atomic E-state index is 0.152. The molecule has 6 heteroatoms. The van der Waals surface area contributed by atoms with E-state index in [0.29, 0.717) is 11.6 Å². The third-order valence-electron chi connectivity index (χ3n) is 3.75. The molecule has 0 aliphatic heterocycles. The second-order valence-corrected chi connectivity index (χ2v) is 5.59. The van der Waals surface area contributed by atoms with Crippen LogP contribution in [0.1, 0.15) is 29.7 Å². The first-order valence-corrected chi connectivity index (χ1v) is 7.08. The van der Waals surface area contributed by atoms with E-state index < -0.39 is 0 Å². The van der Waals surface area contributed by atoms with Crippen molar-refractivity contribution in [3.63, 3.8) is 0 Å². The quantitative estimate of drug-likeness (QED) is 0.677. The van der Waals surface area contributed by atoms with Gasteiger partial charge in [0.25, 0.3) is 5.69 Å². The fraction of sp³-hybridized carbons (Fsp3) is 0.400. The Balaban J connectivity index is 1.85. The molecule has 2 aromatic rings. The molecule has 1 aliphatic rings. The first-order chi connectivity index (χ1) is 10.0. The number of aryl methyl sites for hydroxylation is 2. The molecular formula is C15H18N4O2. The molecule has 0 radical (unpaired) electrons. The van der Waals surface area contributed by atoms with Crippen LogP contribution in [-0.4, -0.2) is 20.7 Å². The van der Waals surface area contributed by atoms with Crippen LogP contribution in [0.2, 0.25) is 0 Å². The summed E-state index contributed by atoms with van der Waals surface area (Å²) in [5.41, 5.74) is 3.51. The lowest BCUT2D eigenvalue weighted by Gasteiger charge is -2.08. The van der Waals surface area contributed by atoms with Gasteiger partial charge in [0, 0.05) is 30.4 Å². The standard InChI is InChI=1S/C15H18N4O2/c1-10-8-15(19(20)21)11(2)7-14(10)18-6-5-13(17-18)9-16-12-3-4-12/h5-8,12,16H,3-4,9H2,1-2H3. The number of benzene rings is 1. The molecule has 3 rings (SSSR count). The van der Waals surface area contributed by atoms with Crippen LogP contribution in [0.4, 0.5) is 5.69 Å². The first-order valence-electron chi connectivity index (χ1n) is 7.08. The Morgan fingerprint density at radius 2 is 2.14 bits per heavy atom. The van der Waals surface area contributed by atoms with E-state index in [-0.39, 0.29) is 10.6 Å². The van der Waals surface area contributed by atoms with Gasteiger partial charge < -0.3 is 5.32 Å². The maximum Gasteiger partial charge on any atom is 0.272 e. The van der Waals surface area contributed by atoms with Gasteiger partial charge in [-0.25, -0.2) is 4.68 Å². The number of hydrogen-bond acceptors (Lipinski definition) is 4. The maximum absolute atomic E-state index is 11.0. The molecule has 0 saturated heterocycles. The van der Waals surface area contributed by atoms with E-state index in [4.69, 9.17) is 0 Å². The summed E-state index contributed by atoms with van der Waals surface area (Å²) in [5, 5.41) is 18.9. The Labute approximate surface area is 122 Å². The normalized spacial score (nSPS) is 14.4. The van der Waals surface area contributed by atoms with E-state index in [9.17, 15) is 10.1 Å². The van der Waals surface area contributed by atoms with Crippen LogP contribution in [0.3, 0.4) is 0 Å². The van der Waals surface area contributed by atoms with Gasteiger partial charge in [-0.05, 0) is 44.4 Å². The number of rotatable bonds is 5. The summed E-state index contributed by atoms with van der Waals surface area (Å²) in [6.45, 7) is 4.38. The van der Waals surface area contributed by atoms with Crippen molar-refractivity contribution in [1.82, 2.24) is 15.1 Å². The van der Waals surface area contributed by atoms with Gasteiger partial charge in [0.1, 0.15) is 0 Å². The largest absolute Gasteiger partial charge is 0.308 e. The van der Waals surface area contributed by atoms with E-state index in [0.717, 1.165) is 23.5 Å². The number of nitrogens with zero attached hydrogens (tertiary/aromatic N) is 3. The lowest BCUT2D eigenvalue weighted by Crippen LogP contribution is -2.15. The van der Waals surface area contributed by atoms with E-state index in [2.05, 4.69) is 10.4 Å². The van der Waals surface area contributed by atoms with Crippen LogP contribution in [0, 0.1) is 24.0 Å². The molecule has 6 nitrogen and oxygen atoms in total. The molecule has 0 bridgehead atoms. The average molecular weight is 286 g/mol. The first kappa shape index (κ1) is 13.8. The molecule has 1 aromatic carbocycles. The van der Waals surface area contributed by atoms with Gasteiger partial charge in [-0.2, -0.15) is 5.10 Å². The molecule has 21 heavy (non-hydrogen) atoms. The van der Waals surface area contributed by atoms with Crippen molar-refractivity contribution < 1.29 is 4.92 Å². The van der Waals surface area contributed by atoms with Crippen LogP contribution in [0.25, 0.3) is 5.69 Å². The average Bonchev–Trinajstić information content (AvgIpc) is 3.16. The number of hydrogen-bond donors (Lipinski definition) is 1. The SMILES string of the molecule is Cc1cc([N+](=O)[O-])c(C)cc1-n1ccc(CNC2CC2)n1. The highest BCUT2D eigenvalue weighted by Crippen LogP contribution is 2.25. The van der Waals surface area contributed by atoms with Gasteiger partial charge in [0.2, 0.25) is 0 Å². The zero-order valence-electron chi connectivity index (χ0n) is 12.2. The number of aromatic nitrogens is 2. The van der Waals surface area contributed by atoms with Gasteiger partial charge in [-0.15, -0.1) is 0 Å². The van der Waals surface area contributed by atoms with E-state index in [1.807, 2.05) is 25.3 Å². The molecule has 110 valence electrons. The van der Waals surface area contributed by atoms with E-state index >= 15 is 0 Å². The van der Waals surface area contributed by atoms with Crippen molar-refractivity contribution in [3.8, 4) is 5.69 Å². The molecule has 1 aromatic heterocycles. The highest BCUT2D eigenvalue weighted by atomic mass is 16.6. The Hall–Kier alpha value is -2.21. The molecule has 1 saturated carbocycles. The lowest BCUT2D eigenvalue weighted by atomic mass is 10.1. The molecule has 1 N–H and O–H groups in total. The molecule has 1 heterocycles. The van der Waals surface area contributed by atoms with E-state index in [1.165, 1.54) is 12.8 Å². The van der Waals surface area contributed by atoms with E-state index in [1.54, 1.807) is 17.7 Å². The van der Waals surface area contributed by atoms with Crippen molar-refractivity contribution in [2.75, 3.05) is 0 Å². The number of nitro groups is 1. The molecule has 0 spiro atoms. The molecular weight excluding hydrogens is 268 g/mol.